The molecule has 0 aliphatic rings. The number of fused-ring (bicyclic) bond motifs is 1. The molecule has 0 saturated carbocycles. The van der Waals surface area contributed by atoms with Gasteiger partial charge in [0.25, 0.3) is 5.56 Å². The molecule has 16 heteroatoms. The van der Waals surface area contributed by atoms with Crippen molar-refractivity contribution in [3.8, 4) is 0 Å². The first kappa shape index (κ1) is 29.3. The summed E-state index contributed by atoms with van der Waals surface area (Å²) in [5, 5.41) is 2.52. The van der Waals surface area contributed by atoms with Crippen molar-refractivity contribution < 1.29 is 33.3 Å². The Morgan fingerprint density at radius 3 is 2.47 bits per heavy atom. The number of hydrogen-bond acceptors (Lipinski definition) is 13. The molecule has 0 bridgehead atoms. The Hall–Kier alpha value is -2.98. The number of anilines is 1. The Morgan fingerprint density at radius 2 is 1.81 bits per heavy atom. The molecular weight excluding hydrogens is 516 g/mol. The highest BCUT2D eigenvalue weighted by molar-refractivity contribution is 8.76. The van der Waals surface area contributed by atoms with E-state index < -0.39 is 23.7 Å². The van der Waals surface area contributed by atoms with Crippen molar-refractivity contribution in [3.63, 3.8) is 0 Å². The van der Waals surface area contributed by atoms with Gasteiger partial charge in [-0.15, -0.1) is 0 Å². The molecule has 2 rings (SSSR count). The van der Waals surface area contributed by atoms with Crippen LogP contribution in [0.1, 0.15) is 20.8 Å². The fourth-order valence-electron chi connectivity index (χ4n) is 2.69. The second-order valence-corrected chi connectivity index (χ2v) is 10.2. The molecule has 200 valence electrons. The molecule has 0 aliphatic heterocycles. The Bertz CT molecular complexity index is 1080. The van der Waals surface area contributed by atoms with Crippen molar-refractivity contribution >= 4 is 56.7 Å². The van der Waals surface area contributed by atoms with E-state index in [1.807, 2.05) is 0 Å². The molecule has 0 spiro atoms. The van der Waals surface area contributed by atoms with Crippen molar-refractivity contribution in [2.75, 3.05) is 43.7 Å². The highest BCUT2D eigenvalue weighted by atomic mass is 33.1. The number of nitrogens with zero attached hydrogens (tertiary/aromatic N) is 3. The van der Waals surface area contributed by atoms with Gasteiger partial charge in [-0.2, -0.15) is 4.98 Å². The molecule has 4 N–H and O–H groups in total. The van der Waals surface area contributed by atoms with Gasteiger partial charge in [0.1, 0.15) is 32.6 Å². The quantitative estimate of drug-likeness (QED) is 0.124. The zero-order valence-corrected chi connectivity index (χ0v) is 21.8. The highest BCUT2D eigenvalue weighted by Crippen LogP contribution is 2.20. The maximum absolute atomic E-state index is 12.4. The fourth-order valence-corrected chi connectivity index (χ4v) is 4.34. The van der Waals surface area contributed by atoms with Gasteiger partial charge in [-0.05, 0) is 5.92 Å². The van der Waals surface area contributed by atoms with Crippen LogP contribution < -0.4 is 16.6 Å². The molecule has 14 nitrogen and oxygen atoms in total. The lowest BCUT2D eigenvalue weighted by Crippen LogP contribution is -2.45. The van der Waals surface area contributed by atoms with E-state index in [4.69, 9.17) is 24.7 Å². The van der Waals surface area contributed by atoms with E-state index in [2.05, 4.69) is 20.3 Å². The third-order valence-electron chi connectivity index (χ3n) is 4.34. The van der Waals surface area contributed by atoms with Gasteiger partial charge in [-0.3, -0.25) is 19.1 Å². The fraction of sp³-hybridized carbons (Fsp3) is 0.600. The number of nitrogen functional groups attached to an aromatic ring is 1. The van der Waals surface area contributed by atoms with Crippen LogP contribution in [0.5, 0.6) is 0 Å². The molecule has 0 radical (unpaired) electrons. The van der Waals surface area contributed by atoms with Crippen molar-refractivity contribution in [1.29, 1.82) is 0 Å². The molecule has 0 aromatic carbocycles. The Morgan fingerprint density at radius 1 is 1.11 bits per heavy atom. The van der Waals surface area contributed by atoms with E-state index in [0.717, 1.165) is 0 Å². The van der Waals surface area contributed by atoms with E-state index in [1.54, 1.807) is 13.8 Å². The SMILES string of the molecule is CC(=O)OCCSSCCOC(=O)N[C@H](C(=O)OCCOCn1cnc2c(=O)[nH]c(N)nc21)C(C)C. The number of hydrogen-bond donors (Lipinski definition) is 3. The van der Waals surface area contributed by atoms with Crippen LogP contribution in [0.4, 0.5) is 10.7 Å². The van der Waals surface area contributed by atoms with Crippen LogP contribution in [0, 0.1) is 5.92 Å². The van der Waals surface area contributed by atoms with Gasteiger partial charge >= 0.3 is 18.0 Å². The van der Waals surface area contributed by atoms with Gasteiger partial charge < -0.3 is 30.0 Å². The average molecular weight is 547 g/mol. The molecule has 1 atom stereocenters. The third-order valence-corrected chi connectivity index (χ3v) is 6.68. The van der Waals surface area contributed by atoms with Gasteiger partial charge in [-0.1, -0.05) is 35.4 Å². The molecule has 0 fully saturated rings. The molecule has 36 heavy (non-hydrogen) atoms. The first-order chi connectivity index (χ1) is 17.2. The lowest BCUT2D eigenvalue weighted by molar-refractivity contribution is -0.149. The zero-order valence-electron chi connectivity index (χ0n) is 20.2. The number of H-pyrrole nitrogens is 1. The summed E-state index contributed by atoms with van der Waals surface area (Å²) in [5.74, 6) is -0.0420. The van der Waals surface area contributed by atoms with E-state index in [0.29, 0.717) is 18.1 Å². The van der Waals surface area contributed by atoms with Crippen LogP contribution in [0.25, 0.3) is 11.2 Å². The lowest BCUT2D eigenvalue weighted by Gasteiger charge is -2.20. The summed E-state index contributed by atoms with van der Waals surface area (Å²) in [6.07, 6.45) is 0.671. The topological polar surface area (TPSA) is 190 Å². The summed E-state index contributed by atoms with van der Waals surface area (Å²) in [6, 6.07) is -0.889. The number of rotatable bonds is 15. The standard InChI is InChI=1S/C20H30N6O8S2/c1-12(2)14(23-20(30)34-7-9-36-35-8-6-32-13(3)27)18(29)33-5-4-31-11-26-10-22-15-16(26)24-19(21)25-17(15)28/h10,12,14H,4-9,11H2,1-3H3,(H,23,30)(H3,21,24,25,28)/t14-/m0/s1. The van der Waals surface area contributed by atoms with E-state index in [-0.39, 0.29) is 55.6 Å². The van der Waals surface area contributed by atoms with Crippen LogP contribution in [-0.2, 0) is 35.3 Å². The minimum absolute atomic E-state index is 0.0161. The van der Waals surface area contributed by atoms with Gasteiger partial charge in [0.15, 0.2) is 11.2 Å². The van der Waals surface area contributed by atoms with E-state index >= 15 is 0 Å². The minimum Gasteiger partial charge on any atom is -0.465 e. The van der Waals surface area contributed by atoms with Crippen molar-refractivity contribution in [2.45, 2.75) is 33.5 Å². The highest BCUT2D eigenvalue weighted by Gasteiger charge is 2.26. The second kappa shape index (κ2) is 15.2. The van der Waals surface area contributed by atoms with Crippen LogP contribution >= 0.6 is 21.6 Å². The molecule has 2 aromatic rings. The van der Waals surface area contributed by atoms with E-state index in [9.17, 15) is 19.2 Å². The molecular formula is C20H30N6O8S2. The monoisotopic (exact) mass is 546 g/mol. The molecule has 1 amide bonds. The van der Waals surface area contributed by atoms with E-state index in [1.165, 1.54) is 39.4 Å². The first-order valence-electron chi connectivity index (χ1n) is 10.9. The van der Waals surface area contributed by atoms with Crippen LogP contribution in [0.3, 0.4) is 0 Å². The smallest absolute Gasteiger partial charge is 0.407 e. The van der Waals surface area contributed by atoms with Gasteiger partial charge in [0.05, 0.1) is 12.9 Å². The molecule has 0 saturated heterocycles. The second-order valence-electron chi connectivity index (χ2n) is 7.53. The molecule has 0 aliphatic carbocycles. The summed E-state index contributed by atoms with van der Waals surface area (Å²) in [5.41, 5.74) is 5.51. The lowest BCUT2D eigenvalue weighted by atomic mass is 10.1. The van der Waals surface area contributed by atoms with Crippen molar-refractivity contribution in [3.05, 3.63) is 16.7 Å². The Kier molecular flexibility index (Phi) is 12.4. The number of imidazole rings is 1. The maximum atomic E-state index is 12.4. The number of ether oxygens (including phenoxy) is 4. The summed E-state index contributed by atoms with van der Waals surface area (Å²) in [7, 11) is 2.97. The molecule has 2 aromatic heterocycles. The maximum Gasteiger partial charge on any atom is 0.407 e. The van der Waals surface area contributed by atoms with Crippen molar-refractivity contribution in [1.82, 2.24) is 24.8 Å². The number of esters is 2. The van der Waals surface area contributed by atoms with Crippen molar-refractivity contribution in [2.24, 2.45) is 5.92 Å². The predicted molar refractivity (Wildman–Crippen MR) is 134 cm³/mol. The summed E-state index contributed by atoms with van der Waals surface area (Å²) in [4.78, 5) is 57.3. The van der Waals surface area contributed by atoms with Crippen LogP contribution in [-0.4, -0.2) is 81.5 Å². The number of alkyl carbamates (subject to hydrolysis) is 1. The number of aromatic nitrogens is 4. The molecule has 0 unspecified atom stereocenters. The number of amides is 1. The molecule has 2 heterocycles. The number of nitrogens with two attached hydrogens (primary N) is 1. The minimum atomic E-state index is -0.889. The van der Waals surface area contributed by atoms with Crippen LogP contribution in [0.15, 0.2) is 11.1 Å². The third kappa shape index (κ3) is 9.94. The summed E-state index contributed by atoms with van der Waals surface area (Å²) >= 11 is 0. The normalized spacial score (nSPS) is 11.9. The Balaban J connectivity index is 1.65. The zero-order chi connectivity index (χ0) is 26.5. The van der Waals surface area contributed by atoms with Gasteiger partial charge in [0.2, 0.25) is 5.95 Å². The summed E-state index contributed by atoms with van der Waals surface area (Å²) in [6.45, 7) is 5.39. The first-order valence-corrected chi connectivity index (χ1v) is 13.4. The number of aromatic amines is 1. The number of carbonyl (C=O) groups excluding carboxylic acids is 3. The largest absolute Gasteiger partial charge is 0.465 e. The number of nitrogens with one attached hydrogen (secondary N) is 2. The van der Waals surface area contributed by atoms with Gasteiger partial charge in [0, 0.05) is 18.4 Å². The number of carbonyl (C=O) groups is 3. The average Bonchev–Trinajstić information content (AvgIpc) is 3.21. The van der Waals surface area contributed by atoms with Gasteiger partial charge in [-0.25, -0.2) is 14.6 Å². The summed E-state index contributed by atoms with van der Waals surface area (Å²) < 4.78 is 22.1. The Labute approximate surface area is 214 Å². The van der Waals surface area contributed by atoms with Crippen LogP contribution in [0.2, 0.25) is 0 Å². The predicted octanol–water partition coefficient (Wildman–Crippen LogP) is 0.914.